The molecule has 0 amide bonds. The van der Waals surface area contributed by atoms with Crippen molar-refractivity contribution >= 4 is 34.6 Å². The first-order valence-corrected chi connectivity index (χ1v) is 7.31. The van der Waals surface area contributed by atoms with Crippen molar-refractivity contribution in [3.8, 4) is 0 Å². The number of benzene rings is 1. The highest BCUT2D eigenvalue weighted by Crippen LogP contribution is 2.17. The van der Waals surface area contributed by atoms with Gasteiger partial charge in [-0.1, -0.05) is 41.9 Å². The second-order valence-corrected chi connectivity index (χ2v) is 5.40. The average Bonchev–Trinajstić information content (AvgIpc) is 2.51. The van der Waals surface area contributed by atoms with E-state index < -0.39 is 0 Å². The van der Waals surface area contributed by atoms with Crippen LogP contribution in [0.25, 0.3) is 0 Å². The summed E-state index contributed by atoms with van der Waals surface area (Å²) in [5.74, 6) is 0. The van der Waals surface area contributed by atoms with Gasteiger partial charge in [0.2, 0.25) is 0 Å². The minimum Gasteiger partial charge on any atom is -0.357 e. The lowest BCUT2D eigenvalue weighted by atomic mass is 10.2. The zero-order valence-corrected chi connectivity index (χ0v) is 13.8. The first kappa shape index (κ1) is 16.3. The van der Waals surface area contributed by atoms with Crippen molar-refractivity contribution < 1.29 is 0 Å². The quantitative estimate of drug-likeness (QED) is 0.650. The molecule has 2 aromatic rings. The van der Waals surface area contributed by atoms with Crippen LogP contribution in [0.1, 0.15) is 5.56 Å². The summed E-state index contributed by atoms with van der Waals surface area (Å²) in [7, 11) is 3.25. The summed E-state index contributed by atoms with van der Waals surface area (Å²) in [5.41, 5.74) is 4.14. The summed E-state index contributed by atoms with van der Waals surface area (Å²) >= 11 is 11.3. The number of rotatable bonds is 4. The maximum absolute atomic E-state index is 11.8. The third-order valence-electron chi connectivity index (χ3n) is 2.99. The molecule has 0 fully saturated rings. The van der Waals surface area contributed by atoms with Gasteiger partial charge in [0.1, 0.15) is 10.7 Å². The number of hydrogen-bond acceptors (Lipinski definition) is 4. The Bertz CT molecular complexity index is 719. The minimum absolute atomic E-state index is 0.0818. The van der Waals surface area contributed by atoms with E-state index in [0.717, 1.165) is 5.56 Å². The summed E-state index contributed by atoms with van der Waals surface area (Å²) in [4.78, 5) is 11.8. The van der Waals surface area contributed by atoms with Gasteiger partial charge in [-0.3, -0.25) is 15.2 Å². The molecule has 1 aromatic heterocycles. The van der Waals surface area contributed by atoms with Gasteiger partial charge in [-0.05, 0) is 17.8 Å². The lowest BCUT2D eigenvalue weighted by Gasteiger charge is -2.22. The van der Waals surface area contributed by atoms with E-state index in [1.165, 1.54) is 17.9 Å². The van der Waals surface area contributed by atoms with Crippen molar-refractivity contribution in [3.63, 3.8) is 0 Å². The molecule has 1 heterocycles. The van der Waals surface area contributed by atoms with Gasteiger partial charge >= 0.3 is 0 Å². The van der Waals surface area contributed by atoms with E-state index in [9.17, 15) is 4.79 Å². The number of hydrazine groups is 1. The fourth-order valence-electron chi connectivity index (χ4n) is 1.77. The van der Waals surface area contributed by atoms with Crippen molar-refractivity contribution in [2.45, 2.75) is 6.54 Å². The molecule has 6 nitrogen and oxygen atoms in total. The molecule has 0 radical (unpaired) electrons. The molecule has 0 spiro atoms. The predicted molar refractivity (Wildman–Crippen MR) is 91.9 cm³/mol. The second-order valence-electron chi connectivity index (χ2n) is 4.61. The maximum atomic E-state index is 11.8. The van der Waals surface area contributed by atoms with Crippen LogP contribution in [0.5, 0.6) is 0 Å². The summed E-state index contributed by atoms with van der Waals surface area (Å²) in [5, 5.41) is 9.07. The Labute approximate surface area is 138 Å². The van der Waals surface area contributed by atoms with Crippen LogP contribution in [-0.2, 0) is 13.6 Å². The van der Waals surface area contributed by atoms with Crippen LogP contribution >= 0.6 is 23.8 Å². The number of hydrogen-bond donors (Lipinski definition) is 2. The maximum Gasteiger partial charge on any atom is 0.287 e. The first-order chi connectivity index (χ1) is 10.5. The monoisotopic (exact) mass is 337 g/mol. The number of nitrogens with zero attached hydrogens (tertiary/aromatic N) is 3. The Kier molecular flexibility index (Phi) is 5.35. The van der Waals surface area contributed by atoms with Crippen LogP contribution in [0.2, 0.25) is 5.02 Å². The van der Waals surface area contributed by atoms with Crippen molar-refractivity contribution in [2.75, 3.05) is 12.1 Å². The second kappa shape index (κ2) is 7.24. The molecule has 0 saturated heterocycles. The summed E-state index contributed by atoms with van der Waals surface area (Å²) in [6.07, 6.45) is 1.50. The molecule has 0 unspecified atom stereocenters. The van der Waals surface area contributed by atoms with Gasteiger partial charge in [0.15, 0.2) is 5.11 Å². The van der Waals surface area contributed by atoms with Crippen molar-refractivity contribution in [2.24, 2.45) is 7.05 Å². The highest BCUT2D eigenvalue weighted by Gasteiger charge is 2.12. The van der Waals surface area contributed by atoms with Crippen molar-refractivity contribution in [1.29, 1.82) is 0 Å². The predicted octanol–water partition coefficient (Wildman–Crippen LogP) is 1.45. The Morgan fingerprint density at radius 1 is 1.41 bits per heavy atom. The van der Waals surface area contributed by atoms with Crippen molar-refractivity contribution in [1.82, 2.24) is 20.5 Å². The summed E-state index contributed by atoms with van der Waals surface area (Å²) in [6, 6.07) is 9.89. The Morgan fingerprint density at radius 3 is 2.77 bits per heavy atom. The van der Waals surface area contributed by atoms with Crippen LogP contribution in [-0.4, -0.2) is 21.9 Å². The molecule has 0 atom stereocenters. The number of nitrogens with one attached hydrogen (secondary N) is 2. The third kappa shape index (κ3) is 3.96. The first-order valence-electron chi connectivity index (χ1n) is 6.53. The topological polar surface area (TPSA) is 62.2 Å². The Balaban J connectivity index is 1.97. The molecule has 0 bridgehead atoms. The molecule has 2 rings (SSSR count). The van der Waals surface area contributed by atoms with E-state index in [4.69, 9.17) is 23.8 Å². The SMILES string of the molecule is CN(NC(=S)NCc1ccccc1)c1cnn(C)c(=O)c1Cl. The highest BCUT2D eigenvalue weighted by atomic mass is 35.5. The highest BCUT2D eigenvalue weighted by molar-refractivity contribution is 7.80. The minimum atomic E-state index is -0.365. The van der Waals surface area contributed by atoms with Crippen LogP contribution in [0, 0.1) is 0 Å². The zero-order valence-electron chi connectivity index (χ0n) is 12.2. The van der Waals surface area contributed by atoms with Crippen LogP contribution in [0.3, 0.4) is 0 Å². The van der Waals surface area contributed by atoms with Gasteiger partial charge in [-0.15, -0.1) is 0 Å². The van der Waals surface area contributed by atoms with Crippen LogP contribution in [0.15, 0.2) is 41.3 Å². The third-order valence-corrected chi connectivity index (χ3v) is 3.58. The molecule has 0 aliphatic rings. The van der Waals surface area contributed by atoms with E-state index >= 15 is 0 Å². The van der Waals surface area contributed by atoms with Gasteiger partial charge in [0, 0.05) is 20.6 Å². The molecular formula is C14H16ClN5OS. The summed E-state index contributed by atoms with van der Waals surface area (Å²) < 4.78 is 1.17. The van der Waals surface area contributed by atoms with E-state index in [2.05, 4.69) is 15.8 Å². The smallest absolute Gasteiger partial charge is 0.287 e. The standard InChI is InChI=1S/C14H16ClN5OS/c1-19(11-9-17-20(2)13(21)12(11)15)18-14(22)16-8-10-6-4-3-5-7-10/h3-7,9H,8H2,1-2H3,(H2,16,18,22). The van der Waals surface area contributed by atoms with Gasteiger partial charge in [-0.25, -0.2) is 4.68 Å². The lowest BCUT2D eigenvalue weighted by Crippen LogP contribution is -2.45. The Hall–Kier alpha value is -2.12. The van der Waals surface area contributed by atoms with E-state index in [1.807, 2.05) is 30.3 Å². The molecule has 8 heteroatoms. The van der Waals surface area contributed by atoms with Gasteiger partial charge < -0.3 is 5.32 Å². The van der Waals surface area contributed by atoms with E-state index in [0.29, 0.717) is 17.3 Å². The fraction of sp³-hybridized carbons (Fsp3) is 0.214. The average molecular weight is 338 g/mol. The van der Waals surface area contributed by atoms with E-state index in [-0.39, 0.29) is 10.6 Å². The molecule has 0 saturated carbocycles. The molecule has 116 valence electrons. The number of anilines is 1. The zero-order chi connectivity index (χ0) is 16.1. The fourth-order valence-corrected chi connectivity index (χ4v) is 2.27. The molecule has 0 aliphatic heterocycles. The normalized spacial score (nSPS) is 10.1. The molecular weight excluding hydrogens is 322 g/mol. The van der Waals surface area contributed by atoms with Gasteiger partial charge in [0.05, 0.1) is 6.20 Å². The number of aryl methyl sites for hydroxylation is 1. The van der Waals surface area contributed by atoms with Crippen LogP contribution in [0.4, 0.5) is 5.69 Å². The largest absolute Gasteiger partial charge is 0.357 e. The summed E-state index contributed by atoms with van der Waals surface area (Å²) in [6.45, 7) is 0.600. The molecule has 1 aromatic carbocycles. The Morgan fingerprint density at radius 2 is 2.09 bits per heavy atom. The van der Waals surface area contributed by atoms with E-state index in [1.54, 1.807) is 12.1 Å². The number of halogens is 1. The van der Waals surface area contributed by atoms with Gasteiger partial charge in [0.25, 0.3) is 5.56 Å². The lowest BCUT2D eigenvalue weighted by molar-refractivity contribution is 0.700. The van der Waals surface area contributed by atoms with Crippen molar-refractivity contribution in [3.05, 3.63) is 57.5 Å². The van der Waals surface area contributed by atoms with Crippen LogP contribution < -0.4 is 21.3 Å². The molecule has 22 heavy (non-hydrogen) atoms. The van der Waals surface area contributed by atoms with Gasteiger partial charge in [-0.2, -0.15) is 5.10 Å². The molecule has 0 aliphatic carbocycles. The number of thiocarbonyl (C=S) groups is 1. The molecule has 2 N–H and O–H groups in total. The number of aromatic nitrogens is 2.